The molecule has 0 saturated heterocycles. The zero-order valence-electron chi connectivity index (χ0n) is 9.63. The standard InChI is InChI=1S/C13H18FNS/c1-9-7-13(12(15)8-11(9)14)16-10-5-3-2-4-6-10/h7-8,10H,2-6,15H2,1H3. The smallest absolute Gasteiger partial charge is 0.128 e. The van der Waals surface area contributed by atoms with Crippen LogP contribution in [0.15, 0.2) is 17.0 Å². The van der Waals surface area contributed by atoms with Crippen LogP contribution in [0.3, 0.4) is 0 Å². The van der Waals surface area contributed by atoms with Gasteiger partial charge in [-0.15, -0.1) is 11.8 Å². The maximum absolute atomic E-state index is 13.2. The lowest BCUT2D eigenvalue weighted by Crippen LogP contribution is -2.08. The van der Waals surface area contributed by atoms with E-state index in [9.17, 15) is 4.39 Å². The van der Waals surface area contributed by atoms with Crippen molar-refractivity contribution in [1.29, 1.82) is 0 Å². The Morgan fingerprint density at radius 1 is 1.25 bits per heavy atom. The number of rotatable bonds is 2. The second-order valence-corrected chi connectivity index (χ2v) is 5.86. The maximum atomic E-state index is 13.2. The van der Waals surface area contributed by atoms with E-state index in [1.54, 1.807) is 6.92 Å². The molecular formula is C13H18FNS. The highest BCUT2D eigenvalue weighted by Crippen LogP contribution is 2.37. The van der Waals surface area contributed by atoms with Gasteiger partial charge < -0.3 is 5.73 Å². The third-order valence-corrected chi connectivity index (χ3v) is 4.55. The van der Waals surface area contributed by atoms with Crippen LogP contribution in [-0.2, 0) is 0 Å². The zero-order chi connectivity index (χ0) is 11.5. The number of nitrogens with two attached hydrogens (primary N) is 1. The van der Waals surface area contributed by atoms with Gasteiger partial charge in [0, 0.05) is 15.8 Å². The summed E-state index contributed by atoms with van der Waals surface area (Å²) in [6.45, 7) is 1.79. The Bertz CT molecular complexity index is 372. The summed E-state index contributed by atoms with van der Waals surface area (Å²) in [5.74, 6) is -0.203. The van der Waals surface area contributed by atoms with Crippen molar-refractivity contribution in [3.8, 4) is 0 Å². The first-order valence-corrected chi connectivity index (χ1v) is 6.77. The summed E-state index contributed by atoms with van der Waals surface area (Å²) in [5, 5.41) is 0.668. The monoisotopic (exact) mass is 239 g/mol. The molecule has 1 aromatic rings. The number of thioether (sulfide) groups is 1. The van der Waals surface area contributed by atoms with E-state index in [0.717, 1.165) is 4.90 Å². The molecule has 0 unspecified atom stereocenters. The van der Waals surface area contributed by atoms with E-state index in [-0.39, 0.29) is 5.82 Å². The van der Waals surface area contributed by atoms with E-state index >= 15 is 0 Å². The minimum atomic E-state index is -0.203. The molecule has 0 radical (unpaired) electrons. The molecule has 2 N–H and O–H groups in total. The van der Waals surface area contributed by atoms with Crippen LogP contribution in [0, 0.1) is 12.7 Å². The minimum Gasteiger partial charge on any atom is -0.398 e. The number of halogens is 1. The Kier molecular flexibility index (Phi) is 3.74. The molecule has 1 aliphatic rings. The van der Waals surface area contributed by atoms with Crippen molar-refractivity contribution in [2.75, 3.05) is 5.73 Å². The second kappa shape index (κ2) is 5.09. The van der Waals surface area contributed by atoms with Gasteiger partial charge in [-0.3, -0.25) is 0 Å². The molecule has 16 heavy (non-hydrogen) atoms. The lowest BCUT2D eigenvalue weighted by Gasteiger charge is -2.21. The van der Waals surface area contributed by atoms with Gasteiger partial charge in [-0.2, -0.15) is 0 Å². The number of hydrogen-bond acceptors (Lipinski definition) is 2. The Balaban J connectivity index is 2.11. The molecule has 0 amide bonds. The number of hydrogen-bond donors (Lipinski definition) is 1. The van der Waals surface area contributed by atoms with Crippen LogP contribution in [0.4, 0.5) is 10.1 Å². The summed E-state index contributed by atoms with van der Waals surface area (Å²) in [5.41, 5.74) is 7.12. The van der Waals surface area contributed by atoms with Gasteiger partial charge in [0.15, 0.2) is 0 Å². The fourth-order valence-electron chi connectivity index (χ4n) is 2.14. The largest absolute Gasteiger partial charge is 0.398 e. The topological polar surface area (TPSA) is 26.0 Å². The van der Waals surface area contributed by atoms with Gasteiger partial charge in [0.05, 0.1) is 0 Å². The number of anilines is 1. The molecule has 0 heterocycles. The first-order chi connectivity index (χ1) is 7.66. The van der Waals surface area contributed by atoms with E-state index in [0.29, 0.717) is 16.5 Å². The van der Waals surface area contributed by atoms with Crippen molar-refractivity contribution in [2.45, 2.75) is 49.2 Å². The Morgan fingerprint density at radius 3 is 2.62 bits per heavy atom. The van der Waals surface area contributed by atoms with Crippen LogP contribution in [0.25, 0.3) is 0 Å². The predicted molar refractivity (Wildman–Crippen MR) is 68.3 cm³/mol. The summed E-state index contributed by atoms with van der Waals surface area (Å²) >= 11 is 1.82. The molecule has 1 fully saturated rings. The normalized spacial score (nSPS) is 17.6. The summed E-state index contributed by atoms with van der Waals surface area (Å²) in [7, 11) is 0. The maximum Gasteiger partial charge on any atom is 0.128 e. The SMILES string of the molecule is Cc1cc(SC2CCCCC2)c(N)cc1F. The first-order valence-electron chi connectivity index (χ1n) is 5.89. The van der Waals surface area contributed by atoms with Crippen LogP contribution >= 0.6 is 11.8 Å². The molecule has 1 nitrogen and oxygen atoms in total. The van der Waals surface area contributed by atoms with E-state index in [1.165, 1.54) is 38.2 Å². The Hall–Kier alpha value is -0.700. The van der Waals surface area contributed by atoms with Gasteiger partial charge in [0.1, 0.15) is 5.82 Å². The van der Waals surface area contributed by atoms with Gasteiger partial charge in [-0.25, -0.2) is 4.39 Å². The summed E-state index contributed by atoms with van der Waals surface area (Å²) in [6, 6.07) is 3.32. The summed E-state index contributed by atoms with van der Waals surface area (Å²) < 4.78 is 13.2. The van der Waals surface area contributed by atoms with Crippen molar-refractivity contribution in [2.24, 2.45) is 0 Å². The average Bonchev–Trinajstić information content (AvgIpc) is 2.27. The number of aryl methyl sites for hydroxylation is 1. The van der Waals surface area contributed by atoms with Gasteiger partial charge in [0.2, 0.25) is 0 Å². The molecule has 1 aromatic carbocycles. The summed E-state index contributed by atoms with van der Waals surface area (Å²) in [6.07, 6.45) is 6.52. The van der Waals surface area contributed by atoms with Gasteiger partial charge in [-0.05, 0) is 37.5 Å². The van der Waals surface area contributed by atoms with Crippen molar-refractivity contribution in [1.82, 2.24) is 0 Å². The van der Waals surface area contributed by atoms with Gasteiger partial charge in [-0.1, -0.05) is 19.3 Å². The Morgan fingerprint density at radius 2 is 1.94 bits per heavy atom. The molecule has 3 heteroatoms. The second-order valence-electron chi connectivity index (χ2n) is 4.52. The lowest BCUT2D eigenvalue weighted by molar-refractivity contribution is 0.516. The molecule has 1 aliphatic carbocycles. The molecule has 0 aliphatic heterocycles. The van der Waals surface area contributed by atoms with Crippen LogP contribution in [0.1, 0.15) is 37.7 Å². The highest BCUT2D eigenvalue weighted by atomic mass is 32.2. The third kappa shape index (κ3) is 2.70. The fraction of sp³-hybridized carbons (Fsp3) is 0.538. The van der Waals surface area contributed by atoms with Crippen LogP contribution in [0.5, 0.6) is 0 Å². The van der Waals surface area contributed by atoms with E-state index < -0.39 is 0 Å². The molecule has 1 saturated carbocycles. The molecule has 0 bridgehead atoms. The number of benzene rings is 1. The van der Waals surface area contributed by atoms with Crippen LogP contribution < -0.4 is 5.73 Å². The van der Waals surface area contributed by atoms with E-state index in [2.05, 4.69) is 0 Å². The highest BCUT2D eigenvalue weighted by molar-refractivity contribution is 8.00. The molecular weight excluding hydrogens is 221 g/mol. The number of nitrogen functional groups attached to an aromatic ring is 1. The van der Waals surface area contributed by atoms with Crippen molar-refractivity contribution < 1.29 is 4.39 Å². The van der Waals surface area contributed by atoms with E-state index in [1.807, 2.05) is 17.8 Å². The fourth-order valence-corrected chi connectivity index (χ4v) is 3.50. The molecule has 0 atom stereocenters. The van der Waals surface area contributed by atoms with Crippen LogP contribution in [-0.4, -0.2) is 5.25 Å². The molecule has 2 rings (SSSR count). The Labute approximate surface area is 101 Å². The van der Waals surface area contributed by atoms with Crippen molar-refractivity contribution >= 4 is 17.4 Å². The average molecular weight is 239 g/mol. The quantitative estimate of drug-likeness (QED) is 0.785. The van der Waals surface area contributed by atoms with Crippen LogP contribution in [0.2, 0.25) is 0 Å². The zero-order valence-corrected chi connectivity index (χ0v) is 10.4. The molecule has 88 valence electrons. The first kappa shape index (κ1) is 11.8. The molecule has 0 spiro atoms. The highest BCUT2D eigenvalue weighted by Gasteiger charge is 2.16. The minimum absolute atomic E-state index is 0.203. The van der Waals surface area contributed by atoms with E-state index in [4.69, 9.17) is 5.73 Å². The third-order valence-electron chi connectivity index (χ3n) is 3.14. The molecule has 0 aromatic heterocycles. The lowest BCUT2D eigenvalue weighted by atomic mass is 10.0. The van der Waals surface area contributed by atoms with Gasteiger partial charge in [0.25, 0.3) is 0 Å². The van der Waals surface area contributed by atoms with Crippen molar-refractivity contribution in [3.63, 3.8) is 0 Å². The predicted octanol–water partition coefficient (Wildman–Crippen LogP) is 4.14. The van der Waals surface area contributed by atoms with Crippen molar-refractivity contribution in [3.05, 3.63) is 23.5 Å². The van der Waals surface area contributed by atoms with Gasteiger partial charge >= 0.3 is 0 Å². The summed E-state index contributed by atoms with van der Waals surface area (Å²) in [4.78, 5) is 1.05.